The van der Waals surface area contributed by atoms with Gasteiger partial charge in [-0.2, -0.15) is 0 Å². The Labute approximate surface area is 118 Å². The zero-order valence-electron chi connectivity index (χ0n) is 11.8. The number of urea groups is 1. The highest BCUT2D eigenvalue weighted by atomic mass is 16.4. The predicted octanol–water partition coefficient (Wildman–Crippen LogP) is 1.42. The molecule has 2 atom stereocenters. The van der Waals surface area contributed by atoms with Gasteiger partial charge in [0.05, 0.1) is 0 Å². The Hall–Kier alpha value is -2.11. The lowest BCUT2D eigenvalue weighted by Crippen LogP contribution is -2.49. The number of carboxylic acid groups (broad SMARTS) is 1. The first-order valence-corrected chi connectivity index (χ1v) is 6.70. The number of nitrogens with zero attached hydrogens (tertiary/aromatic N) is 1. The summed E-state index contributed by atoms with van der Waals surface area (Å²) in [5.41, 5.74) is 1.07. The predicted molar refractivity (Wildman–Crippen MR) is 75.4 cm³/mol. The van der Waals surface area contributed by atoms with Crippen molar-refractivity contribution in [2.45, 2.75) is 32.7 Å². The molecule has 0 bridgehead atoms. The lowest BCUT2D eigenvalue weighted by Gasteiger charge is -2.20. The van der Waals surface area contributed by atoms with Crippen LogP contribution in [0.15, 0.2) is 24.5 Å². The summed E-state index contributed by atoms with van der Waals surface area (Å²) in [5.74, 6) is -1.12. The molecule has 0 aliphatic carbocycles. The van der Waals surface area contributed by atoms with Crippen molar-refractivity contribution >= 4 is 12.0 Å². The third-order valence-corrected chi connectivity index (χ3v) is 3.21. The molecule has 6 heteroatoms. The van der Waals surface area contributed by atoms with Gasteiger partial charge in [-0.05, 0) is 30.0 Å². The first kappa shape index (κ1) is 15.9. The molecule has 6 nitrogen and oxygen atoms in total. The van der Waals surface area contributed by atoms with Crippen LogP contribution in [-0.4, -0.2) is 34.7 Å². The molecule has 1 unspecified atom stereocenters. The van der Waals surface area contributed by atoms with Crippen molar-refractivity contribution < 1.29 is 14.7 Å². The van der Waals surface area contributed by atoms with Crippen molar-refractivity contribution in [1.29, 1.82) is 0 Å². The fraction of sp³-hybridized carbons (Fsp3) is 0.500. The van der Waals surface area contributed by atoms with Crippen LogP contribution in [0.3, 0.4) is 0 Å². The van der Waals surface area contributed by atoms with Gasteiger partial charge < -0.3 is 15.7 Å². The Kier molecular flexibility index (Phi) is 6.49. The molecule has 2 amide bonds. The molecule has 3 N–H and O–H groups in total. The van der Waals surface area contributed by atoms with E-state index in [4.69, 9.17) is 5.11 Å². The summed E-state index contributed by atoms with van der Waals surface area (Å²) >= 11 is 0. The number of aromatic nitrogens is 1. The van der Waals surface area contributed by atoms with Crippen molar-refractivity contribution in [2.75, 3.05) is 6.54 Å². The van der Waals surface area contributed by atoms with Gasteiger partial charge in [-0.25, -0.2) is 9.59 Å². The molecule has 0 saturated heterocycles. The summed E-state index contributed by atoms with van der Waals surface area (Å²) in [5, 5.41) is 14.2. The lowest BCUT2D eigenvalue weighted by molar-refractivity contribution is -0.140. The Balaban J connectivity index is 2.37. The highest BCUT2D eigenvalue weighted by Gasteiger charge is 2.24. The molecule has 0 aromatic carbocycles. The molecule has 1 aromatic heterocycles. The highest BCUT2D eigenvalue weighted by molar-refractivity contribution is 5.82. The number of pyridine rings is 1. The minimum atomic E-state index is -1.01. The SMILES string of the molecule is CCC(C)[C@H](NC(=O)NCCc1ccncc1)C(=O)O. The van der Waals surface area contributed by atoms with Crippen molar-refractivity contribution in [2.24, 2.45) is 5.92 Å². The van der Waals surface area contributed by atoms with Crippen LogP contribution in [0.25, 0.3) is 0 Å². The normalized spacial score (nSPS) is 13.3. The zero-order valence-corrected chi connectivity index (χ0v) is 11.8. The van der Waals surface area contributed by atoms with Crippen LogP contribution in [0, 0.1) is 5.92 Å². The zero-order chi connectivity index (χ0) is 15.0. The van der Waals surface area contributed by atoms with Crippen LogP contribution in [0.5, 0.6) is 0 Å². The van der Waals surface area contributed by atoms with Crippen LogP contribution >= 0.6 is 0 Å². The van der Waals surface area contributed by atoms with E-state index in [1.165, 1.54) is 0 Å². The van der Waals surface area contributed by atoms with Gasteiger partial charge in [0.1, 0.15) is 6.04 Å². The summed E-state index contributed by atoms with van der Waals surface area (Å²) in [6, 6.07) is 2.44. The van der Waals surface area contributed by atoms with E-state index in [1.807, 2.05) is 19.1 Å². The number of hydrogen-bond donors (Lipinski definition) is 3. The van der Waals surface area contributed by atoms with Crippen LogP contribution in [0.4, 0.5) is 4.79 Å². The second-order valence-electron chi connectivity index (χ2n) is 4.71. The van der Waals surface area contributed by atoms with Crippen LogP contribution in [0.2, 0.25) is 0 Å². The molecule has 0 radical (unpaired) electrons. The highest BCUT2D eigenvalue weighted by Crippen LogP contribution is 2.07. The summed E-state index contributed by atoms with van der Waals surface area (Å²) < 4.78 is 0. The van der Waals surface area contributed by atoms with Crippen molar-refractivity contribution in [3.05, 3.63) is 30.1 Å². The number of carbonyl (C=O) groups excluding carboxylic acids is 1. The molecule has 110 valence electrons. The van der Waals surface area contributed by atoms with E-state index in [0.717, 1.165) is 5.56 Å². The summed E-state index contributed by atoms with van der Waals surface area (Å²) in [7, 11) is 0. The van der Waals surface area contributed by atoms with E-state index < -0.39 is 18.0 Å². The van der Waals surface area contributed by atoms with Gasteiger partial charge in [-0.15, -0.1) is 0 Å². The van der Waals surface area contributed by atoms with Crippen molar-refractivity contribution in [1.82, 2.24) is 15.6 Å². The largest absolute Gasteiger partial charge is 0.480 e. The average molecular weight is 279 g/mol. The minimum absolute atomic E-state index is 0.113. The molecule has 0 saturated carbocycles. The van der Waals surface area contributed by atoms with Gasteiger partial charge in [0, 0.05) is 18.9 Å². The molecular formula is C14H21N3O3. The number of carbonyl (C=O) groups is 2. The van der Waals surface area contributed by atoms with Crippen LogP contribution in [0.1, 0.15) is 25.8 Å². The number of aliphatic carboxylic acids is 1. The Morgan fingerprint density at radius 2 is 2.00 bits per heavy atom. The average Bonchev–Trinajstić information content (AvgIpc) is 2.45. The summed E-state index contributed by atoms with van der Waals surface area (Å²) in [6.45, 7) is 4.14. The molecular weight excluding hydrogens is 258 g/mol. The van der Waals surface area contributed by atoms with E-state index in [9.17, 15) is 9.59 Å². The molecule has 0 aliphatic rings. The van der Waals surface area contributed by atoms with E-state index in [-0.39, 0.29) is 5.92 Å². The number of amides is 2. The summed E-state index contributed by atoms with van der Waals surface area (Å²) in [6.07, 6.45) is 4.75. The van der Waals surface area contributed by atoms with Gasteiger partial charge in [0.2, 0.25) is 0 Å². The minimum Gasteiger partial charge on any atom is -0.480 e. The van der Waals surface area contributed by atoms with Gasteiger partial charge in [-0.1, -0.05) is 20.3 Å². The van der Waals surface area contributed by atoms with E-state index >= 15 is 0 Å². The second-order valence-corrected chi connectivity index (χ2v) is 4.71. The van der Waals surface area contributed by atoms with Gasteiger partial charge in [-0.3, -0.25) is 4.98 Å². The van der Waals surface area contributed by atoms with Crippen LogP contribution < -0.4 is 10.6 Å². The molecule has 20 heavy (non-hydrogen) atoms. The smallest absolute Gasteiger partial charge is 0.326 e. The topological polar surface area (TPSA) is 91.3 Å². The number of carboxylic acids is 1. The molecule has 0 aliphatic heterocycles. The maximum absolute atomic E-state index is 11.7. The molecule has 1 rings (SSSR count). The van der Waals surface area contributed by atoms with Gasteiger partial charge in [0.25, 0.3) is 0 Å². The third kappa shape index (κ3) is 5.26. The number of hydrogen-bond acceptors (Lipinski definition) is 3. The van der Waals surface area contributed by atoms with E-state index in [2.05, 4.69) is 15.6 Å². The molecule has 0 spiro atoms. The monoisotopic (exact) mass is 279 g/mol. The standard InChI is InChI=1S/C14H21N3O3/c1-3-10(2)12(13(18)19)17-14(20)16-9-6-11-4-7-15-8-5-11/h4-5,7-8,10,12H,3,6,9H2,1-2H3,(H,18,19)(H2,16,17,20)/t10?,12-/m0/s1. The maximum atomic E-state index is 11.7. The fourth-order valence-corrected chi connectivity index (χ4v) is 1.75. The van der Waals surface area contributed by atoms with Crippen LogP contribution in [-0.2, 0) is 11.2 Å². The Bertz CT molecular complexity index is 437. The summed E-state index contributed by atoms with van der Waals surface area (Å²) in [4.78, 5) is 26.7. The lowest BCUT2D eigenvalue weighted by atomic mass is 9.99. The molecule has 1 aromatic rings. The molecule has 1 heterocycles. The maximum Gasteiger partial charge on any atom is 0.326 e. The Morgan fingerprint density at radius 3 is 2.55 bits per heavy atom. The van der Waals surface area contributed by atoms with Crippen molar-refractivity contribution in [3.8, 4) is 0 Å². The first-order chi connectivity index (χ1) is 9.54. The van der Waals surface area contributed by atoms with Gasteiger partial charge >= 0.3 is 12.0 Å². The molecule has 0 fully saturated rings. The second kappa shape index (κ2) is 8.14. The Morgan fingerprint density at radius 1 is 1.35 bits per heavy atom. The van der Waals surface area contributed by atoms with E-state index in [0.29, 0.717) is 19.4 Å². The third-order valence-electron chi connectivity index (χ3n) is 3.21. The first-order valence-electron chi connectivity index (χ1n) is 6.70. The number of nitrogens with one attached hydrogen (secondary N) is 2. The number of rotatable bonds is 7. The quantitative estimate of drug-likeness (QED) is 0.704. The van der Waals surface area contributed by atoms with E-state index in [1.54, 1.807) is 19.3 Å². The fourth-order valence-electron chi connectivity index (χ4n) is 1.75. The van der Waals surface area contributed by atoms with Crippen molar-refractivity contribution in [3.63, 3.8) is 0 Å². The van der Waals surface area contributed by atoms with Gasteiger partial charge in [0.15, 0.2) is 0 Å².